The molecule has 0 saturated carbocycles. The highest BCUT2D eigenvalue weighted by atomic mass is 28.3. The van der Waals surface area contributed by atoms with Crippen LogP contribution in [0.5, 0.6) is 0 Å². The molecule has 0 amide bonds. The van der Waals surface area contributed by atoms with Crippen LogP contribution < -0.4 is 0 Å². The zero-order valence-electron chi connectivity index (χ0n) is 7.72. The molecule has 0 radical (unpaired) electrons. The Labute approximate surface area is 73.4 Å². The molecule has 0 aliphatic carbocycles. The number of ether oxygens (including phenoxy) is 1. The van der Waals surface area contributed by atoms with Crippen molar-refractivity contribution in [2.45, 2.75) is 37.8 Å². The van der Waals surface area contributed by atoms with Gasteiger partial charge in [-0.25, -0.2) is 0 Å². The van der Waals surface area contributed by atoms with Gasteiger partial charge in [-0.1, -0.05) is 0 Å². The first kappa shape index (κ1) is 9.44. The van der Waals surface area contributed by atoms with Crippen molar-refractivity contribution in [1.82, 2.24) is 0 Å². The lowest BCUT2D eigenvalue weighted by Crippen LogP contribution is -2.42. The SMILES string of the molecule is C[SiH](C)OC1([SiH3])CCCCO1. The molecule has 0 bridgehead atoms. The van der Waals surface area contributed by atoms with Crippen molar-refractivity contribution in [3.8, 4) is 0 Å². The Kier molecular flexibility index (Phi) is 3.30. The van der Waals surface area contributed by atoms with Crippen LogP contribution in [0.4, 0.5) is 0 Å². The quantitative estimate of drug-likeness (QED) is 0.580. The maximum absolute atomic E-state index is 5.86. The lowest BCUT2D eigenvalue weighted by atomic mass is 10.2. The van der Waals surface area contributed by atoms with Crippen LogP contribution in [-0.4, -0.2) is 31.3 Å². The summed E-state index contributed by atoms with van der Waals surface area (Å²) in [5, 5.41) is 0. The monoisotopic (exact) mass is 190 g/mol. The van der Waals surface area contributed by atoms with Gasteiger partial charge in [0.2, 0.25) is 0 Å². The van der Waals surface area contributed by atoms with Crippen LogP contribution in [0.3, 0.4) is 0 Å². The molecule has 0 aromatic heterocycles. The summed E-state index contributed by atoms with van der Waals surface area (Å²) in [6.45, 7) is 5.32. The highest BCUT2D eigenvalue weighted by Gasteiger charge is 2.28. The Morgan fingerprint density at radius 2 is 2.18 bits per heavy atom. The molecule has 66 valence electrons. The van der Waals surface area contributed by atoms with Gasteiger partial charge in [-0.15, -0.1) is 0 Å². The summed E-state index contributed by atoms with van der Waals surface area (Å²) >= 11 is 0. The maximum atomic E-state index is 5.86. The lowest BCUT2D eigenvalue weighted by Gasteiger charge is -2.35. The van der Waals surface area contributed by atoms with Crippen molar-refractivity contribution in [2.75, 3.05) is 6.61 Å². The van der Waals surface area contributed by atoms with Crippen molar-refractivity contribution >= 4 is 19.3 Å². The summed E-state index contributed by atoms with van der Waals surface area (Å²) < 4.78 is 11.5. The Morgan fingerprint density at radius 1 is 1.45 bits per heavy atom. The van der Waals surface area contributed by atoms with Crippen molar-refractivity contribution in [2.24, 2.45) is 0 Å². The fraction of sp³-hybridized carbons (Fsp3) is 1.00. The third kappa shape index (κ3) is 3.07. The summed E-state index contributed by atoms with van der Waals surface area (Å²) in [6.07, 6.45) is 3.63. The first-order chi connectivity index (χ1) is 5.12. The van der Waals surface area contributed by atoms with Gasteiger partial charge in [0.15, 0.2) is 9.04 Å². The van der Waals surface area contributed by atoms with Gasteiger partial charge in [-0.2, -0.15) is 0 Å². The van der Waals surface area contributed by atoms with E-state index in [1.807, 2.05) is 0 Å². The first-order valence-electron chi connectivity index (χ1n) is 4.44. The van der Waals surface area contributed by atoms with E-state index >= 15 is 0 Å². The molecule has 1 atom stereocenters. The van der Waals surface area contributed by atoms with E-state index < -0.39 is 9.04 Å². The maximum Gasteiger partial charge on any atom is 0.174 e. The highest BCUT2D eigenvalue weighted by Crippen LogP contribution is 2.23. The largest absolute Gasteiger partial charge is 0.398 e. The predicted octanol–water partition coefficient (Wildman–Crippen LogP) is 0.206. The van der Waals surface area contributed by atoms with Gasteiger partial charge in [0.1, 0.15) is 5.41 Å². The Hall–Kier alpha value is 0.354. The molecular formula is C7H18O2Si2. The van der Waals surface area contributed by atoms with Crippen LogP contribution in [0.15, 0.2) is 0 Å². The third-order valence-electron chi connectivity index (χ3n) is 1.92. The number of hydrogen-bond acceptors (Lipinski definition) is 2. The van der Waals surface area contributed by atoms with Crippen molar-refractivity contribution in [3.63, 3.8) is 0 Å². The van der Waals surface area contributed by atoms with Crippen LogP contribution in [0, 0.1) is 0 Å². The zero-order chi connectivity index (χ0) is 8.32. The Bertz CT molecular complexity index is 122. The van der Waals surface area contributed by atoms with Crippen LogP contribution in [-0.2, 0) is 9.16 Å². The minimum absolute atomic E-state index is 0.0986. The van der Waals surface area contributed by atoms with E-state index in [2.05, 4.69) is 13.1 Å². The molecule has 11 heavy (non-hydrogen) atoms. The van der Waals surface area contributed by atoms with Crippen LogP contribution >= 0.6 is 0 Å². The van der Waals surface area contributed by atoms with Gasteiger partial charge in [0, 0.05) is 6.61 Å². The highest BCUT2D eigenvalue weighted by molar-refractivity contribution is 6.49. The molecule has 4 heteroatoms. The van der Waals surface area contributed by atoms with Crippen molar-refractivity contribution in [1.29, 1.82) is 0 Å². The standard InChI is InChI=1S/C7H18O2Si2/c1-11(2)9-7(10)5-3-4-6-8-7/h11H,3-6H2,1-2,10H3. The minimum Gasteiger partial charge on any atom is -0.398 e. The molecule has 1 heterocycles. The van der Waals surface area contributed by atoms with Gasteiger partial charge in [0.05, 0.1) is 10.2 Å². The van der Waals surface area contributed by atoms with Crippen LogP contribution in [0.25, 0.3) is 0 Å². The molecule has 0 N–H and O–H groups in total. The van der Waals surface area contributed by atoms with E-state index in [0.29, 0.717) is 0 Å². The van der Waals surface area contributed by atoms with Gasteiger partial charge in [-0.05, 0) is 32.4 Å². The molecule has 1 aliphatic heterocycles. The van der Waals surface area contributed by atoms with Crippen LogP contribution in [0.2, 0.25) is 13.1 Å². The summed E-state index contributed by atoms with van der Waals surface area (Å²) in [4.78, 5) is 0. The topological polar surface area (TPSA) is 18.5 Å². The van der Waals surface area contributed by atoms with Gasteiger partial charge >= 0.3 is 0 Å². The van der Waals surface area contributed by atoms with Crippen molar-refractivity contribution < 1.29 is 9.16 Å². The molecule has 1 rings (SSSR count). The first-order valence-corrected chi connectivity index (χ1v) is 8.22. The fourth-order valence-electron chi connectivity index (χ4n) is 1.50. The molecule has 1 saturated heterocycles. The summed E-state index contributed by atoms with van der Waals surface area (Å²) in [6, 6.07) is 0. The molecule has 1 fully saturated rings. The van der Waals surface area contributed by atoms with Crippen molar-refractivity contribution in [3.05, 3.63) is 0 Å². The lowest BCUT2D eigenvalue weighted by molar-refractivity contribution is -0.145. The van der Waals surface area contributed by atoms with Gasteiger partial charge in [0.25, 0.3) is 0 Å². The van der Waals surface area contributed by atoms with E-state index in [0.717, 1.165) is 23.3 Å². The molecule has 2 nitrogen and oxygen atoms in total. The average Bonchev–Trinajstić information content (AvgIpc) is 1.85. The summed E-state index contributed by atoms with van der Waals surface area (Å²) in [7, 11) is 0.117. The molecule has 0 aromatic carbocycles. The number of rotatable bonds is 2. The summed E-state index contributed by atoms with van der Waals surface area (Å²) in [5.74, 6) is 0. The molecule has 0 spiro atoms. The second kappa shape index (κ2) is 3.84. The second-order valence-corrected chi connectivity index (χ2v) is 7.46. The van der Waals surface area contributed by atoms with E-state index in [1.165, 1.54) is 12.8 Å². The number of hydrogen-bond donors (Lipinski definition) is 0. The molecule has 1 unspecified atom stereocenters. The Morgan fingerprint density at radius 3 is 2.64 bits per heavy atom. The second-order valence-electron chi connectivity index (χ2n) is 3.61. The van der Waals surface area contributed by atoms with Crippen LogP contribution in [0.1, 0.15) is 19.3 Å². The molecular weight excluding hydrogens is 172 g/mol. The molecule has 0 aromatic rings. The smallest absolute Gasteiger partial charge is 0.174 e. The van der Waals surface area contributed by atoms with Gasteiger partial charge < -0.3 is 9.16 Å². The average molecular weight is 190 g/mol. The fourth-order valence-corrected chi connectivity index (χ4v) is 4.65. The van der Waals surface area contributed by atoms with Gasteiger partial charge in [-0.3, -0.25) is 0 Å². The normalized spacial score (nSPS) is 33.0. The van der Waals surface area contributed by atoms with E-state index in [-0.39, 0.29) is 5.41 Å². The van der Waals surface area contributed by atoms with E-state index in [9.17, 15) is 0 Å². The molecule has 1 aliphatic rings. The van der Waals surface area contributed by atoms with E-state index in [1.54, 1.807) is 0 Å². The minimum atomic E-state index is -0.901. The third-order valence-corrected chi connectivity index (χ3v) is 4.38. The zero-order valence-corrected chi connectivity index (χ0v) is 10.9. The summed E-state index contributed by atoms with van der Waals surface area (Å²) in [5.41, 5.74) is -0.0986. The predicted molar refractivity (Wildman–Crippen MR) is 52.4 cm³/mol. The Balaban J connectivity index is 2.37. The van der Waals surface area contributed by atoms with E-state index in [4.69, 9.17) is 9.16 Å².